The number of nitrogens with two attached hydrogens (primary N) is 1. The first-order valence-corrected chi connectivity index (χ1v) is 5.97. The molecule has 17 heavy (non-hydrogen) atoms. The quantitative estimate of drug-likeness (QED) is 0.807. The van der Waals surface area contributed by atoms with Crippen LogP contribution in [0.5, 0.6) is 0 Å². The van der Waals surface area contributed by atoms with Gasteiger partial charge in [0.15, 0.2) is 6.10 Å². The summed E-state index contributed by atoms with van der Waals surface area (Å²) in [6.07, 6.45) is 0.835. The van der Waals surface area contributed by atoms with Crippen molar-refractivity contribution in [2.75, 3.05) is 13.1 Å². The Kier molecular flexibility index (Phi) is 3.76. The van der Waals surface area contributed by atoms with Crippen LogP contribution in [0.1, 0.15) is 24.5 Å². The minimum atomic E-state index is -1.07. The molecule has 4 nitrogen and oxygen atoms in total. The van der Waals surface area contributed by atoms with Crippen LogP contribution in [0, 0.1) is 0 Å². The fraction of sp³-hybridized carbons (Fsp3) is 0.462. The number of aliphatic hydroxyl groups excluding tert-OH is 1. The van der Waals surface area contributed by atoms with Crippen molar-refractivity contribution >= 4 is 5.91 Å². The summed E-state index contributed by atoms with van der Waals surface area (Å²) in [4.78, 5) is 13.8. The summed E-state index contributed by atoms with van der Waals surface area (Å²) in [5.74, 6) is -0.232. The Hall–Kier alpha value is -1.39. The Morgan fingerprint density at radius 2 is 2.18 bits per heavy atom. The number of aliphatic hydroxyl groups is 1. The first-order chi connectivity index (χ1) is 8.24. The predicted octanol–water partition coefficient (Wildman–Crippen LogP) is 0.670. The SMILES string of the molecule is NCC1CCCN1C(=O)C(O)c1ccccc1. The largest absolute Gasteiger partial charge is 0.378 e. The topological polar surface area (TPSA) is 66.6 Å². The van der Waals surface area contributed by atoms with Gasteiger partial charge < -0.3 is 15.7 Å². The van der Waals surface area contributed by atoms with Crippen LogP contribution >= 0.6 is 0 Å². The highest BCUT2D eigenvalue weighted by Crippen LogP contribution is 2.22. The second kappa shape index (κ2) is 5.29. The Labute approximate surface area is 101 Å². The van der Waals surface area contributed by atoms with Crippen molar-refractivity contribution in [2.24, 2.45) is 5.73 Å². The number of carbonyl (C=O) groups is 1. The van der Waals surface area contributed by atoms with E-state index in [0.717, 1.165) is 12.8 Å². The molecule has 1 aliphatic heterocycles. The van der Waals surface area contributed by atoms with E-state index in [1.807, 2.05) is 18.2 Å². The van der Waals surface area contributed by atoms with Crippen molar-refractivity contribution in [1.29, 1.82) is 0 Å². The van der Waals surface area contributed by atoms with Gasteiger partial charge in [-0.05, 0) is 18.4 Å². The molecule has 0 saturated carbocycles. The number of likely N-dealkylation sites (tertiary alicyclic amines) is 1. The van der Waals surface area contributed by atoms with E-state index >= 15 is 0 Å². The minimum Gasteiger partial charge on any atom is -0.378 e. The molecule has 1 amide bonds. The van der Waals surface area contributed by atoms with Crippen LogP contribution in [0.25, 0.3) is 0 Å². The van der Waals surface area contributed by atoms with E-state index in [0.29, 0.717) is 18.7 Å². The smallest absolute Gasteiger partial charge is 0.256 e. The van der Waals surface area contributed by atoms with Crippen LogP contribution in [0.2, 0.25) is 0 Å². The lowest BCUT2D eigenvalue weighted by Gasteiger charge is -2.26. The van der Waals surface area contributed by atoms with Crippen LogP contribution in [0.3, 0.4) is 0 Å². The molecule has 1 heterocycles. The molecule has 0 aromatic heterocycles. The van der Waals surface area contributed by atoms with Crippen LogP contribution in [0.15, 0.2) is 30.3 Å². The van der Waals surface area contributed by atoms with Crippen molar-refractivity contribution in [1.82, 2.24) is 4.90 Å². The predicted molar refractivity (Wildman–Crippen MR) is 65.2 cm³/mol. The number of carbonyl (C=O) groups excluding carboxylic acids is 1. The van der Waals surface area contributed by atoms with E-state index in [1.54, 1.807) is 17.0 Å². The molecule has 2 unspecified atom stereocenters. The normalized spacial score (nSPS) is 21.5. The number of hydrogen-bond donors (Lipinski definition) is 2. The summed E-state index contributed by atoms with van der Waals surface area (Å²) in [5, 5.41) is 10.0. The average Bonchev–Trinajstić information content (AvgIpc) is 2.86. The molecule has 2 atom stereocenters. The molecule has 1 aliphatic rings. The molecule has 1 saturated heterocycles. The van der Waals surface area contributed by atoms with Gasteiger partial charge in [-0.15, -0.1) is 0 Å². The van der Waals surface area contributed by atoms with Gasteiger partial charge in [-0.1, -0.05) is 30.3 Å². The van der Waals surface area contributed by atoms with Gasteiger partial charge in [-0.3, -0.25) is 4.79 Å². The van der Waals surface area contributed by atoms with Gasteiger partial charge >= 0.3 is 0 Å². The third-order valence-electron chi connectivity index (χ3n) is 3.28. The van der Waals surface area contributed by atoms with Gasteiger partial charge in [-0.25, -0.2) is 0 Å². The number of hydrogen-bond acceptors (Lipinski definition) is 3. The zero-order valence-corrected chi connectivity index (χ0v) is 9.75. The minimum absolute atomic E-state index is 0.0841. The highest BCUT2D eigenvalue weighted by atomic mass is 16.3. The van der Waals surface area contributed by atoms with Gasteiger partial charge in [0.2, 0.25) is 0 Å². The monoisotopic (exact) mass is 234 g/mol. The van der Waals surface area contributed by atoms with E-state index in [1.165, 1.54) is 0 Å². The van der Waals surface area contributed by atoms with Crippen LogP contribution < -0.4 is 5.73 Å². The van der Waals surface area contributed by atoms with E-state index < -0.39 is 6.10 Å². The molecule has 1 fully saturated rings. The van der Waals surface area contributed by atoms with E-state index in [-0.39, 0.29) is 11.9 Å². The van der Waals surface area contributed by atoms with Crippen LogP contribution in [-0.2, 0) is 4.79 Å². The lowest BCUT2D eigenvalue weighted by molar-refractivity contribution is -0.141. The van der Waals surface area contributed by atoms with Crippen molar-refractivity contribution in [3.63, 3.8) is 0 Å². The highest BCUT2D eigenvalue weighted by Gasteiger charge is 2.31. The summed E-state index contributed by atoms with van der Waals surface area (Å²) >= 11 is 0. The van der Waals surface area contributed by atoms with Gasteiger partial charge in [0.05, 0.1) is 0 Å². The van der Waals surface area contributed by atoms with E-state index in [9.17, 15) is 9.90 Å². The Morgan fingerprint density at radius 1 is 1.47 bits per heavy atom. The summed E-state index contributed by atoms with van der Waals surface area (Å²) in [5.41, 5.74) is 6.26. The average molecular weight is 234 g/mol. The first-order valence-electron chi connectivity index (χ1n) is 5.97. The van der Waals surface area contributed by atoms with Crippen molar-refractivity contribution in [3.05, 3.63) is 35.9 Å². The maximum absolute atomic E-state index is 12.1. The second-order valence-electron chi connectivity index (χ2n) is 4.38. The molecule has 1 aromatic carbocycles. The van der Waals surface area contributed by atoms with Crippen LogP contribution in [-0.4, -0.2) is 35.0 Å². The van der Waals surface area contributed by atoms with E-state index in [4.69, 9.17) is 5.73 Å². The van der Waals surface area contributed by atoms with Crippen LogP contribution in [0.4, 0.5) is 0 Å². The van der Waals surface area contributed by atoms with Gasteiger partial charge in [0, 0.05) is 19.1 Å². The Bertz CT molecular complexity index is 380. The molecule has 0 spiro atoms. The second-order valence-corrected chi connectivity index (χ2v) is 4.38. The molecule has 0 aliphatic carbocycles. The zero-order chi connectivity index (χ0) is 12.3. The fourth-order valence-corrected chi connectivity index (χ4v) is 2.31. The zero-order valence-electron chi connectivity index (χ0n) is 9.75. The van der Waals surface area contributed by atoms with Crippen molar-refractivity contribution in [2.45, 2.75) is 25.0 Å². The molecular weight excluding hydrogens is 216 g/mol. The first kappa shape index (κ1) is 12.1. The fourth-order valence-electron chi connectivity index (χ4n) is 2.31. The standard InChI is InChI=1S/C13H18N2O2/c14-9-11-7-4-8-15(11)13(17)12(16)10-5-2-1-3-6-10/h1-3,5-6,11-12,16H,4,7-9,14H2. The summed E-state index contributed by atoms with van der Waals surface area (Å²) in [6.45, 7) is 1.16. The highest BCUT2D eigenvalue weighted by molar-refractivity contribution is 5.82. The number of amides is 1. The molecular formula is C13H18N2O2. The lowest BCUT2D eigenvalue weighted by atomic mass is 10.1. The maximum atomic E-state index is 12.1. The molecule has 4 heteroatoms. The maximum Gasteiger partial charge on any atom is 0.256 e. The number of nitrogens with zero attached hydrogens (tertiary/aromatic N) is 1. The molecule has 2 rings (SSSR count). The summed E-state index contributed by atoms with van der Waals surface area (Å²) in [7, 11) is 0. The van der Waals surface area contributed by atoms with Crippen molar-refractivity contribution in [3.8, 4) is 0 Å². The Morgan fingerprint density at radius 3 is 2.82 bits per heavy atom. The van der Waals surface area contributed by atoms with Crippen molar-refractivity contribution < 1.29 is 9.90 Å². The van der Waals surface area contributed by atoms with Gasteiger partial charge in [-0.2, -0.15) is 0 Å². The number of rotatable bonds is 3. The number of benzene rings is 1. The molecule has 0 bridgehead atoms. The molecule has 0 radical (unpaired) electrons. The Balaban J connectivity index is 2.10. The third-order valence-corrected chi connectivity index (χ3v) is 3.28. The summed E-state index contributed by atoms with van der Waals surface area (Å²) in [6, 6.07) is 9.10. The van der Waals surface area contributed by atoms with Gasteiger partial charge in [0.25, 0.3) is 5.91 Å². The lowest BCUT2D eigenvalue weighted by Crippen LogP contribution is -2.42. The molecule has 92 valence electrons. The summed E-state index contributed by atoms with van der Waals surface area (Å²) < 4.78 is 0. The van der Waals surface area contributed by atoms with Gasteiger partial charge in [0.1, 0.15) is 0 Å². The molecule has 3 N–H and O–H groups in total. The third kappa shape index (κ3) is 2.48. The molecule has 1 aromatic rings. The van der Waals surface area contributed by atoms with E-state index in [2.05, 4.69) is 0 Å².